The van der Waals surface area contributed by atoms with Crippen LogP contribution in [0.1, 0.15) is 47.4 Å². The van der Waals surface area contributed by atoms with E-state index in [1.165, 1.54) is 22.3 Å². The lowest BCUT2D eigenvalue weighted by Gasteiger charge is -2.18. The van der Waals surface area contributed by atoms with E-state index in [9.17, 15) is 4.79 Å². The third kappa shape index (κ3) is 6.95. The van der Waals surface area contributed by atoms with Gasteiger partial charge in [-0.3, -0.25) is 4.79 Å². The van der Waals surface area contributed by atoms with Crippen molar-refractivity contribution in [1.82, 2.24) is 25.1 Å². The molecule has 0 radical (unpaired) electrons. The van der Waals surface area contributed by atoms with Crippen molar-refractivity contribution in [3.63, 3.8) is 0 Å². The molecule has 1 N–H and O–H groups in total. The zero-order valence-corrected chi connectivity index (χ0v) is 25.1. The van der Waals surface area contributed by atoms with Crippen molar-refractivity contribution in [3.8, 4) is 0 Å². The first-order valence-electron chi connectivity index (χ1n) is 14.8. The molecule has 7 heteroatoms. The minimum Gasteiger partial charge on any atom is -0.356 e. The number of fused-ring (bicyclic) bond motifs is 3. The van der Waals surface area contributed by atoms with Gasteiger partial charge in [0.25, 0.3) is 0 Å². The van der Waals surface area contributed by atoms with Crippen molar-refractivity contribution in [1.29, 1.82) is 0 Å². The zero-order valence-electron chi connectivity index (χ0n) is 24.3. The molecular formula is C36H35N5OS. The Balaban J connectivity index is 1.04. The Labute approximate surface area is 256 Å². The Morgan fingerprint density at radius 2 is 1.51 bits per heavy atom. The smallest absolute Gasteiger partial charge is 0.220 e. The SMILES string of the molecule is Cc1ccc(Cn2c3ccccc3c3nnc(SCCCC(=O)NCCC(c4ccccc4)c4ccccc4)nc32)cc1. The third-order valence-electron chi connectivity index (χ3n) is 7.75. The van der Waals surface area contributed by atoms with Crippen molar-refractivity contribution >= 4 is 39.7 Å². The van der Waals surface area contributed by atoms with Crippen LogP contribution in [-0.2, 0) is 11.3 Å². The van der Waals surface area contributed by atoms with Crippen LogP contribution in [0.15, 0.2) is 114 Å². The number of para-hydroxylation sites is 1. The number of aryl methyl sites for hydroxylation is 1. The highest BCUT2D eigenvalue weighted by atomic mass is 32.2. The molecular weight excluding hydrogens is 550 g/mol. The van der Waals surface area contributed by atoms with Gasteiger partial charge in [-0.2, -0.15) is 0 Å². The Hall–Kier alpha value is -4.49. The van der Waals surface area contributed by atoms with Crippen LogP contribution >= 0.6 is 11.8 Å². The molecule has 0 aliphatic carbocycles. The summed E-state index contributed by atoms with van der Waals surface area (Å²) in [5.74, 6) is 1.07. The van der Waals surface area contributed by atoms with E-state index in [1.807, 2.05) is 24.3 Å². The van der Waals surface area contributed by atoms with Gasteiger partial charge < -0.3 is 9.88 Å². The molecule has 0 unspecified atom stereocenters. The second kappa shape index (κ2) is 13.7. The van der Waals surface area contributed by atoms with Crippen LogP contribution < -0.4 is 5.32 Å². The van der Waals surface area contributed by atoms with Gasteiger partial charge in [0.1, 0.15) is 5.52 Å². The predicted molar refractivity (Wildman–Crippen MR) is 175 cm³/mol. The zero-order chi connectivity index (χ0) is 29.4. The monoisotopic (exact) mass is 585 g/mol. The summed E-state index contributed by atoms with van der Waals surface area (Å²) in [4.78, 5) is 17.6. The first-order valence-corrected chi connectivity index (χ1v) is 15.8. The summed E-state index contributed by atoms with van der Waals surface area (Å²) in [6.07, 6.45) is 2.06. The molecule has 6 rings (SSSR count). The van der Waals surface area contributed by atoms with Crippen molar-refractivity contribution in [2.45, 2.75) is 43.8 Å². The van der Waals surface area contributed by atoms with Crippen LogP contribution in [0, 0.1) is 6.92 Å². The first kappa shape index (κ1) is 28.6. The van der Waals surface area contributed by atoms with Crippen LogP contribution in [0.25, 0.3) is 22.1 Å². The number of thioether (sulfide) groups is 1. The minimum absolute atomic E-state index is 0.0770. The summed E-state index contributed by atoms with van der Waals surface area (Å²) in [5.41, 5.74) is 7.74. The maximum atomic E-state index is 12.7. The molecule has 0 atom stereocenters. The lowest BCUT2D eigenvalue weighted by atomic mass is 9.88. The molecule has 6 aromatic rings. The average molecular weight is 586 g/mol. The lowest BCUT2D eigenvalue weighted by Crippen LogP contribution is -2.25. The van der Waals surface area contributed by atoms with Gasteiger partial charge in [-0.25, -0.2) is 4.98 Å². The molecule has 0 aliphatic heterocycles. The summed E-state index contributed by atoms with van der Waals surface area (Å²) < 4.78 is 2.22. The number of benzene rings is 4. The number of amides is 1. The first-order chi connectivity index (χ1) is 21.2. The molecule has 6 nitrogen and oxygen atoms in total. The van der Waals surface area contributed by atoms with E-state index in [-0.39, 0.29) is 11.8 Å². The number of carbonyl (C=O) groups is 1. The number of hydrogen-bond acceptors (Lipinski definition) is 5. The fourth-order valence-corrected chi connectivity index (χ4v) is 6.24. The number of hydrogen-bond donors (Lipinski definition) is 1. The van der Waals surface area contributed by atoms with Gasteiger partial charge in [0.2, 0.25) is 11.1 Å². The number of rotatable bonds is 12. The van der Waals surface area contributed by atoms with E-state index in [0.29, 0.717) is 24.7 Å². The molecule has 0 bridgehead atoms. The van der Waals surface area contributed by atoms with Crippen LogP contribution in [0.3, 0.4) is 0 Å². The predicted octanol–water partition coefficient (Wildman–Crippen LogP) is 7.55. The molecule has 0 spiro atoms. The van der Waals surface area contributed by atoms with E-state index in [4.69, 9.17) is 4.98 Å². The number of nitrogens with zero attached hydrogens (tertiary/aromatic N) is 4. The molecule has 2 aromatic heterocycles. The normalized spacial score (nSPS) is 11.4. The van der Waals surface area contributed by atoms with Gasteiger partial charge in [-0.1, -0.05) is 120 Å². The van der Waals surface area contributed by atoms with Gasteiger partial charge in [0.05, 0.1) is 5.52 Å². The second-order valence-electron chi connectivity index (χ2n) is 10.8. The third-order valence-corrected chi connectivity index (χ3v) is 8.68. The Bertz CT molecular complexity index is 1760. The van der Waals surface area contributed by atoms with Gasteiger partial charge in [-0.05, 0) is 42.5 Å². The van der Waals surface area contributed by atoms with E-state index in [0.717, 1.165) is 40.7 Å². The Morgan fingerprint density at radius 1 is 0.837 bits per heavy atom. The summed E-state index contributed by atoms with van der Waals surface area (Å²) in [6.45, 7) is 3.44. The van der Waals surface area contributed by atoms with E-state index in [1.54, 1.807) is 11.8 Å². The topological polar surface area (TPSA) is 72.7 Å². The second-order valence-corrected chi connectivity index (χ2v) is 11.9. The van der Waals surface area contributed by atoms with Crippen molar-refractivity contribution in [3.05, 3.63) is 131 Å². The highest BCUT2D eigenvalue weighted by Gasteiger charge is 2.16. The minimum atomic E-state index is 0.0770. The van der Waals surface area contributed by atoms with Crippen LogP contribution in [0.5, 0.6) is 0 Å². The maximum absolute atomic E-state index is 12.7. The molecule has 216 valence electrons. The van der Waals surface area contributed by atoms with Crippen LogP contribution in [-0.4, -0.2) is 38.0 Å². The standard InChI is InChI=1S/C36H35N5OS/c1-26-18-20-27(21-19-26)25-41-32-16-9-8-15-31(32)34-35(41)38-36(40-39-34)43-24-10-17-33(42)37-23-22-30(28-11-4-2-5-12-28)29-13-6-3-7-14-29/h2-9,11-16,18-21,30H,10,17,22-25H2,1H3,(H,37,42). The summed E-state index contributed by atoms with van der Waals surface area (Å²) >= 11 is 1.55. The quantitative estimate of drug-likeness (QED) is 0.119. The highest BCUT2D eigenvalue weighted by Crippen LogP contribution is 2.29. The highest BCUT2D eigenvalue weighted by molar-refractivity contribution is 7.99. The summed E-state index contributed by atoms with van der Waals surface area (Å²) in [5, 5.41) is 13.8. The molecule has 43 heavy (non-hydrogen) atoms. The van der Waals surface area contributed by atoms with E-state index >= 15 is 0 Å². The number of aromatic nitrogens is 4. The van der Waals surface area contributed by atoms with E-state index < -0.39 is 0 Å². The van der Waals surface area contributed by atoms with Crippen molar-refractivity contribution < 1.29 is 4.79 Å². The Morgan fingerprint density at radius 3 is 2.23 bits per heavy atom. The largest absolute Gasteiger partial charge is 0.356 e. The lowest BCUT2D eigenvalue weighted by molar-refractivity contribution is -0.121. The molecule has 0 fully saturated rings. The van der Waals surface area contributed by atoms with Gasteiger partial charge in [-0.15, -0.1) is 10.2 Å². The fourth-order valence-electron chi connectivity index (χ4n) is 5.52. The molecule has 1 amide bonds. The van der Waals surface area contributed by atoms with Crippen molar-refractivity contribution in [2.24, 2.45) is 0 Å². The van der Waals surface area contributed by atoms with E-state index in [2.05, 4.69) is 112 Å². The molecule has 0 saturated carbocycles. The fraction of sp³-hybridized carbons (Fsp3) is 0.222. The summed E-state index contributed by atoms with van der Waals surface area (Å²) in [6, 6.07) is 37.9. The summed E-state index contributed by atoms with van der Waals surface area (Å²) in [7, 11) is 0. The molecule has 0 saturated heterocycles. The number of nitrogens with one attached hydrogen (secondary N) is 1. The van der Waals surface area contributed by atoms with Crippen LogP contribution in [0.2, 0.25) is 0 Å². The van der Waals surface area contributed by atoms with Gasteiger partial charge in [0, 0.05) is 36.6 Å². The van der Waals surface area contributed by atoms with Gasteiger partial charge >= 0.3 is 0 Å². The average Bonchev–Trinajstić information content (AvgIpc) is 3.36. The van der Waals surface area contributed by atoms with Crippen LogP contribution in [0.4, 0.5) is 0 Å². The Kier molecular flexibility index (Phi) is 9.09. The number of carbonyl (C=O) groups excluding carboxylic acids is 1. The van der Waals surface area contributed by atoms with Crippen molar-refractivity contribution in [2.75, 3.05) is 12.3 Å². The molecule has 2 heterocycles. The van der Waals surface area contributed by atoms with Gasteiger partial charge in [0.15, 0.2) is 5.65 Å². The molecule has 0 aliphatic rings. The maximum Gasteiger partial charge on any atom is 0.220 e. The molecule has 4 aromatic carbocycles.